The molecule has 2 N–H and O–H groups in total. The van der Waals surface area contributed by atoms with Crippen molar-refractivity contribution in [3.8, 4) is 0 Å². The average Bonchev–Trinajstić information content (AvgIpc) is 2.81. The van der Waals surface area contributed by atoms with Gasteiger partial charge in [-0.3, -0.25) is 4.79 Å². The topological polar surface area (TPSA) is 61.4 Å². The highest BCUT2D eigenvalue weighted by molar-refractivity contribution is 6.01. The van der Waals surface area contributed by atoms with E-state index in [1.165, 1.54) is 0 Å². The predicted octanol–water partition coefficient (Wildman–Crippen LogP) is 1.89. The minimum atomic E-state index is -0.431. The molecule has 2 rings (SSSR count). The van der Waals surface area contributed by atoms with E-state index >= 15 is 0 Å². The summed E-state index contributed by atoms with van der Waals surface area (Å²) in [6.07, 6.45) is 1.50. The van der Waals surface area contributed by atoms with Gasteiger partial charge < -0.3 is 15.5 Å². The van der Waals surface area contributed by atoms with Crippen LogP contribution in [-0.4, -0.2) is 30.6 Å². The number of benzene rings is 1. The van der Waals surface area contributed by atoms with Gasteiger partial charge in [-0.1, -0.05) is 25.1 Å². The number of para-hydroxylation sites is 1. The Hall–Kier alpha value is -2.04. The third-order valence-corrected chi connectivity index (χ3v) is 3.57. The Labute approximate surface area is 119 Å². The number of anilines is 1. The van der Waals surface area contributed by atoms with Crippen LogP contribution in [0.5, 0.6) is 0 Å². The van der Waals surface area contributed by atoms with Gasteiger partial charge in [0, 0.05) is 18.3 Å². The lowest BCUT2D eigenvalue weighted by Crippen LogP contribution is -2.48. The van der Waals surface area contributed by atoms with E-state index in [0.717, 1.165) is 12.1 Å². The Morgan fingerprint density at radius 3 is 2.75 bits per heavy atom. The number of rotatable bonds is 4. The molecule has 0 spiro atoms. The summed E-state index contributed by atoms with van der Waals surface area (Å²) in [6, 6.07) is 8.93. The molecule has 1 saturated heterocycles. The summed E-state index contributed by atoms with van der Waals surface area (Å²) < 4.78 is 0. The van der Waals surface area contributed by atoms with E-state index in [1.807, 2.05) is 44.2 Å². The summed E-state index contributed by atoms with van der Waals surface area (Å²) in [5.41, 5.74) is 0.879. The SMILES string of the molecule is CC[C@H](C)NC(=O)N[C@H]1CCN(c2ccccc2)C1=O. The third-order valence-electron chi connectivity index (χ3n) is 3.57. The molecular formula is C15H21N3O2. The number of amides is 3. The van der Waals surface area contributed by atoms with Gasteiger partial charge in [-0.25, -0.2) is 4.79 Å². The van der Waals surface area contributed by atoms with Crippen LogP contribution in [0.3, 0.4) is 0 Å². The largest absolute Gasteiger partial charge is 0.336 e. The first-order chi connectivity index (χ1) is 9.61. The van der Waals surface area contributed by atoms with Crippen molar-refractivity contribution in [2.75, 3.05) is 11.4 Å². The molecule has 2 atom stereocenters. The van der Waals surface area contributed by atoms with E-state index in [1.54, 1.807) is 4.90 Å². The molecule has 0 aliphatic carbocycles. The molecule has 0 saturated carbocycles. The minimum absolute atomic E-state index is 0.0458. The van der Waals surface area contributed by atoms with Gasteiger partial charge in [0.15, 0.2) is 0 Å². The van der Waals surface area contributed by atoms with Crippen molar-refractivity contribution in [2.24, 2.45) is 0 Å². The number of carbonyl (C=O) groups excluding carboxylic acids is 2. The molecule has 20 heavy (non-hydrogen) atoms. The van der Waals surface area contributed by atoms with Gasteiger partial charge in [-0.2, -0.15) is 0 Å². The Morgan fingerprint density at radius 1 is 1.40 bits per heavy atom. The van der Waals surface area contributed by atoms with Crippen LogP contribution in [0.25, 0.3) is 0 Å². The number of carbonyl (C=O) groups is 2. The van der Waals surface area contributed by atoms with Crippen LogP contribution < -0.4 is 15.5 Å². The monoisotopic (exact) mass is 275 g/mol. The molecule has 5 nitrogen and oxygen atoms in total. The zero-order valence-corrected chi connectivity index (χ0v) is 11.9. The summed E-state index contributed by atoms with van der Waals surface area (Å²) in [5.74, 6) is -0.0458. The highest BCUT2D eigenvalue weighted by atomic mass is 16.2. The highest BCUT2D eigenvalue weighted by Crippen LogP contribution is 2.20. The molecule has 0 unspecified atom stereocenters. The van der Waals surface area contributed by atoms with Crippen LogP contribution in [0.2, 0.25) is 0 Å². The maximum atomic E-state index is 12.3. The Kier molecular flexibility index (Phi) is 4.61. The molecular weight excluding hydrogens is 254 g/mol. The van der Waals surface area contributed by atoms with E-state index in [4.69, 9.17) is 0 Å². The van der Waals surface area contributed by atoms with Gasteiger partial charge >= 0.3 is 6.03 Å². The zero-order chi connectivity index (χ0) is 14.5. The molecule has 3 amide bonds. The lowest BCUT2D eigenvalue weighted by Gasteiger charge is -2.18. The average molecular weight is 275 g/mol. The summed E-state index contributed by atoms with van der Waals surface area (Å²) in [5, 5.41) is 5.56. The second kappa shape index (κ2) is 6.41. The Bertz CT molecular complexity index is 475. The molecule has 0 aromatic heterocycles. The van der Waals surface area contributed by atoms with E-state index in [9.17, 15) is 9.59 Å². The normalized spacial score (nSPS) is 19.8. The molecule has 1 heterocycles. The van der Waals surface area contributed by atoms with Crippen LogP contribution in [0.4, 0.5) is 10.5 Å². The fraction of sp³-hybridized carbons (Fsp3) is 0.467. The number of urea groups is 1. The smallest absolute Gasteiger partial charge is 0.315 e. The van der Waals surface area contributed by atoms with Crippen molar-refractivity contribution in [1.82, 2.24) is 10.6 Å². The number of hydrogen-bond donors (Lipinski definition) is 2. The summed E-state index contributed by atoms with van der Waals surface area (Å²) in [4.78, 5) is 25.8. The Morgan fingerprint density at radius 2 is 2.10 bits per heavy atom. The summed E-state index contributed by atoms with van der Waals surface area (Å²) >= 11 is 0. The quantitative estimate of drug-likeness (QED) is 0.881. The minimum Gasteiger partial charge on any atom is -0.336 e. The standard InChI is InChI=1S/C15H21N3O2/c1-3-11(2)16-15(20)17-13-9-10-18(14(13)19)12-7-5-4-6-8-12/h4-8,11,13H,3,9-10H2,1-2H3,(H2,16,17,20)/t11-,13-/m0/s1. The fourth-order valence-electron chi connectivity index (χ4n) is 2.20. The van der Waals surface area contributed by atoms with E-state index in [-0.39, 0.29) is 18.0 Å². The first-order valence-corrected chi connectivity index (χ1v) is 7.05. The number of hydrogen-bond acceptors (Lipinski definition) is 2. The van der Waals surface area contributed by atoms with Crippen LogP contribution in [0.15, 0.2) is 30.3 Å². The second-order valence-corrected chi connectivity index (χ2v) is 5.09. The van der Waals surface area contributed by atoms with Crippen molar-refractivity contribution in [3.63, 3.8) is 0 Å². The van der Waals surface area contributed by atoms with Crippen molar-refractivity contribution >= 4 is 17.6 Å². The highest BCUT2D eigenvalue weighted by Gasteiger charge is 2.33. The third kappa shape index (κ3) is 3.29. The van der Waals surface area contributed by atoms with E-state index < -0.39 is 6.04 Å². The van der Waals surface area contributed by atoms with Crippen molar-refractivity contribution in [2.45, 2.75) is 38.8 Å². The lowest BCUT2D eigenvalue weighted by molar-refractivity contribution is -0.118. The molecule has 0 bridgehead atoms. The van der Waals surface area contributed by atoms with Gasteiger partial charge in [0.1, 0.15) is 6.04 Å². The molecule has 108 valence electrons. The zero-order valence-electron chi connectivity index (χ0n) is 11.9. The van der Waals surface area contributed by atoms with Gasteiger partial charge in [0.05, 0.1) is 0 Å². The van der Waals surface area contributed by atoms with E-state index in [0.29, 0.717) is 13.0 Å². The lowest BCUT2D eigenvalue weighted by atomic mass is 10.2. The van der Waals surface area contributed by atoms with Crippen LogP contribution in [0.1, 0.15) is 26.7 Å². The molecule has 0 radical (unpaired) electrons. The van der Waals surface area contributed by atoms with Crippen LogP contribution in [0, 0.1) is 0 Å². The molecule has 1 aromatic rings. The molecule has 1 aliphatic rings. The van der Waals surface area contributed by atoms with Crippen LogP contribution >= 0.6 is 0 Å². The van der Waals surface area contributed by atoms with Crippen molar-refractivity contribution < 1.29 is 9.59 Å². The van der Waals surface area contributed by atoms with Gasteiger partial charge in [0.25, 0.3) is 0 Å². The summed E-state index contributed by atoms with van der Waals surface area (Å²) in [7, 11) is 0. The van der Waals surface area contributed by atoms with E-state index in [2.05, 4.69) is 10.6 Å². The Balaban J connectivity index is 1.93. The molecule has 1 aromatic carbocycles. The predicted molar refractivity (Wildman–Crippen MR) is 78.6 cm³/mol. The first kappa shape index (κ1) is 14.4. The number of nitrogens with one attached hydrogen (secondary N) is 2. The van der Waals surface area contributed by atoms with Crippen LogP contribution in [-0.2, 0) is 4.79 Å². The maximum absolute atomic E-state index is 12.3. The van der Waals surface area contributed by atoms with Crippen molar-refractivity contribution in [3.05, 3.63) is 30.3 Å². The van der Waals surface area contributed by atoms with Crippen molar-refractivity contribution in [1.29, 1.82) is 0 Å². The van der Waals surface area contributed by atoms with Gasteiger partial charge in [-0.15, -0.1) is 0 Å². The van der Waals surface area contributed by atoms with Gasteiger partial charge in [-0.05, 0) is 31.9 Å². The molecule has 5 heteroatoms. The molecule has 1 fully saturated rings. The molecule has 1 aliphatic heterocycles. The van der Waals surface area contributed by atoms with Gasteiger partial charge in [0.2, 0.25) is 5.91 Å². The summed E-state index contributed by atoms with van der Waals surface area (Å²) in [6.45, 7) is 4.58. The first-order valence-electron chi connectivity index (χ1n) is 7.05. The fourth-order valence-corrected chi connectivity index (χ4v) is 2.20. The number of nitrogens with zero attached hydrogens (tertiary/aromatic N) is 1. The maximum Gasteiger partial charge on any atom is 0.315 e. The second-order valence-electron chi connectivity index (χ2n) is 5.09.